The maximum absolute atomic E-state index is 10.3. The first-order valence-electron chi connectivity index (χ1n) is 8.78. The van der Waals surface area contributed by atoms with Crippen molar-refractivity contribution in [3.8, 4) is 17.1 Å². The van der Waals surface area contributed by atoms with Gasteiger partial charge >= 0.3 is 0 Å². The van der Waals surface area contributed by atoms with E-state index in [1.165, 1.54) is 11.8 Å². The molecule has 0 bridgehead atoms. The van der Waals surface area contributed by atoms with Gasteiger partial charge in [0.05, 0.1) is 6.10 Å². The maximum atomic E-state index is 10.3. The summed E-state index contributed by atoms with van der Waals surface area (Å²) in [5, 5.41) is 19.6. The van der Waals surface area contributed by atoms with Crippen molar-refractivity contribution in [3.05, 3.63) is 72.8 Å². The number of allylic oxidation sites excluding steroid dienone is 1. The van der Waals surface area contributed by atoms with Crippen molar-refractivity contribution in [2.45, 2.75) is 24.7 Å². The molecular weight excluding hydrogens is 358 g/mol. The van der Waals surface area contributed by atoms with Gasteiger partial charge in [-0.2, -0.15) is 0 Å². The average molecular weight is 382 g/mol. The molecule has 3 rings (SSSR count). The largest absolute Gasteiger partial charge is 0.491 e. The number of nitrogens with zero attached hydrogens (tertiary/aromatic N) is 3. The second-order valence-electron chi connectivity index (χ2n) is 6.11. The molecule has 0 fully saturated rings. The number of aryl methyl sites for hydroxylation is 1. The Morgan fingerprint density at radius 1 is 1.15 bits per heavy atom. The van der Waals surface area contributed by atoms with Crippen molar-refractivity contribution in [3.63, 3.8) is 0 Å². The smallest absolute Gasteiger partial charge is 0.191 e. The van der Waals surface area contributed by atoms with Crippen molar-refractivity contribution < 1.29 is 9.84 Å². The third kappa shape index (κ3) is 4.99. The van der Waals surface area contributed by atoms with Crippen LogP contribution in [0, 0.1) is 6.92 Å². The number of rotatable bonds is 9. The molecule has 0 aliphatic rings. The van der Waals surface area contributed by atoms with Crippen molar-refractivity contribution in [1.29, 1.82) is 0 Å². The number of aromatic nitrogens is 3. The summed E-state index contributed by atoms with van der Waals surface area (Å²) in [5.41, 5.74) is 2.05. The van der Waals surface area contributed by atoms with E-state index in [0.29, 0.717) is 12.3 Å². The Bertz CT molecular complexity index is 880. The Kier molecular flexibility index (Phi) is 6.68. The molecule has 0 spiro atoms. The van der Waals surface area contributed by atoms with E-state index in [1.807, 2.05) is 72.2 Å². The molecule has 0 radical (unpaired) electrons. The standard InChI is InChI=1S/C21H23N3O2S/c1-3-13-24-20(17-10-5-4-6-11-17)22-23-21(24)27-15-18(25)14-26-19-12-8-7-9-16(19)2/h3-12,18,25H,1,13-15H2,2H3/t18-/m1/s1. The number of hydrogen-bond acceptors (Lipinski definition) is 5. The first kappa shape index (κ1) is 19.2. The molecule has 0 unspecified atom stereocenters. The molecule has 2 aromatic carbocycles. The number of aliphatic hydroxyl groups excluding tert-OH is 1. The van der Waals surface area contributed by atoms with Gasteiger partial charge in [-0.3, -0.25) is 4.57 Å². The van der Waals surface area contributed by atoms with Crippen LogP contribution in [0.4, 0.5) is 0 Å². The third-order valence-corrected chi connectivity index (χ3v) is 5.10. The van der Waals surface area contributed by atoms with Crippen molar-refractivity contribution in [2.75, 3.05) is 12.4 Å². The highest BCUT2D eigenvalue weighted by molar-refractivity contribution is 7.99. The van der Waals surface area contributed by atoms with E-state index in [9.17, 15) is 5.11 Å². The van der Waals surface area contributed by atoms with Crippen LogP contribution < -0.4 is 4.74 Å². The molecule has 1 atom stereocenters. The summed E-state index contributed by atoms with van der Waals surface area (Å²) < 4.78 is 7.72. The molecule has 6 heteroatoms. The van der Waals surface area contributed by atoms with E-state index in [2.05, 4.69) is 16.8 Å². The Morgan fingerprint density at radius 2 is 1.89 bits per heavy atom. The molecule has 0 aliphatic carbocycles. The predicted octanol–water partition coefficient (Wildman–Crippen LogP) is 3.97. The number of hydrogen-bond donors (Lipinski definition) is 1. The molecule has 3 aromatic rings. The van der Waals surface area contributed by atoms with Gasteiger partial charge in [0.2, 0.25) is 0 Å². The van der Waals surface area contributed by atoms with Crippen molar-refractivity contribution in [1.82, 2.24) is 14.8 Å². The topological polar surface area (TPSA) is 60.2 Å². The highest BCUT2D eigenvalue weighted by Crippen LogP contribution is 2.24. The van der Waals surface area contributed by atoms with Crippen molar-refractivity contribution in [2.24, 2.45) is 0 Å². The molecule has 0 saturated heterocycles. The summed E-state index contributed by atoms with van der Waals surface area (Å²) in [5.74, 6) is 2.06. The van der Waals surface area contributed by atoms with Crippen LogP contribution in [0.1, 0.15) is 5.56 Å². The Balaban J connectivity index is 1.63. The maximum Gasteiger partial charge on any atom is 0.191 e. The average Bonchev–Trinajstić information content (AvgIpc) is 3.09. The van der Waals surface area contributed by atoms with E-state index in [1.54, 1.807) is 0 Å². The molecule has 0 amide bonds. The van der Waals surface area contributed by atoms with Crippen LogP contribution in [-0.4, -0.2) is 38.3 Å². The van der Waals surface area contributed by atoms with Crippen LogP contribution >= 0.6 is 11.8 Å². The lowest BCUT2D eigenvalue weighted by molar-refractivity contribution is 0.126. The summed E-state index contributed by atoms with van der Waals surface area (Å²) in [4.78, 5) is 0. The molecular formula is C21H23N3O2S. The zero-order chi connectivity index (χ0) is 19.1. The molecule has 0 aliphatic heterocycles. The van der Waals surface area contributed by atoms with Crippen LogP contribution in [-0.2, 0) is 6.54 Å². The van der Waals surface area contributed by atoms with Gasteiger partial charge in [-0.05, 0) is 18.6 Å². The lowest BCUT2D eigenvalue weighted by Gasteiger charge is -2.14. The van der Waals surface area contributed by atoms with Gasteiger partial charge in [-0.25, -0.2) is 0 Å². The van der Waals surface area contributed by atoms with Gasteiger partial charge in [0.25, 0.3) is 0 Å². The van der Waals surface area contributed by atoms with E-state index >= 15 is 0 Å². The molecule has 0 saturated carbocycles. The number of aliphatic hydroxyl groups is 1. The Hall–Kier alpha value is -2.57. The fourth-order valence-corrected chi connectivity index (χ4v) is 3.47. The fourth-order valence-electron chi connectivity index (χ4n) is 2.61. The summed E-state index contributed by atoms with van der Waals surface area (Å²) in [6.45, 7) is 6.65. The normalized spacial score (nSPS) is 11.9. The first-order valence-corrected chi connectivity index (χ1v) is 9.76. The zero-order valence-corrected chi connectivity index (χ0v) is 16.1. The second-order valence-corrected chi connectivity index (χ2v) is 7.10. The molecule has 1 aromatic heterocycles. The van der Waals surface area contributed by atoms with Gasteiger partial charge in [-0.1, -0.05) is 66.4 Å². The van der Waals surface area contributed by atoms with Gasteiger partial charge in [0.1, 0.15) is 12.4 Å². The fraction of sp³-hybridized carbons (Fsp3) is 0.238. The van der Waals surface area contributed by atoms with E-state index in [0.717, 1.165) is 27.9 Å². The SMILES string of the molecule is C=CCn1c(SC[C@H](O)COc2ccccc2C)nnc1-c1ccccc1. The van der Waals surface area contributed by atoms with Crippen LogP contribution in [0.3, 0.4) is 0 Å². The van der Waals surface area contributed by atoms with E-state index in [-0.39, 0.29) is 6.61 Å². The first-order chi connectivity index (χ1) is 13.2. The third-order valence-electron chi connectivity index (χ3n) is 3.99. The number of benzene rings is 2. The second kappa shape index (κ2) is 9.39. The quantitative estimate of drug-likeness (QED) is 0.449. The Morgan fingerprint density at radius 3 is 2.63 bits per heavy atom. The summed E-state index contributed by atoms with van der Waals surface area (Å²) >= 11 is 1.46. The molecule has 1 heterocycles. The van der Waals surface area contributed by atoms with Gasteiger partial charge in [0, 0.05) is 17.9 Å². The van der Waals surface area contributed by atoms with Crippen molar-refractivity contribution >= 4 is 11.8 Å². The number of para-hydroxylation sites is 1. The van der Waals surface area contributed by atoms with Gasteiger partial charge < -0.3 is 9.84 Å². The lowest BCUT2D eigenvalue weighted by atomic mass is 10.2. The van der Waals surface area contributed by atoms with Crippen LogP contribution in [0.15, 0.2) is 72.4 Å². The summed E-state index contributed by atoms with van der Waals surface area (Å²) in [6.07, 6.45) is 1.21. The van der Waals surface area contributed by atoms with Crippen LogP contribution in [0.2, 0.25) is 0 Å². The number of ether oxygens (including phenoxy) is 1. The van der Waals surface area contributed by atoms with E-state index in [4.69, 9.17) is 4.74 Å². The highest BCUT2D eigenvalue weighted by atomic mass is 32.2. The number of thioether (sulfide) groups is 1. The highest BCUT2D eigenvalue weighted by Gasteiger charge is 2.15. The van der Waals surface area contributed by atoms with E-state index < -0.39 is 6.10 Å². The lowest BCUT2D eigenvalue weighted by Crippen LogP contribution is -2.20. The molecule has 140 valence electrons. The van der Waals surface area contributed by atoms with Crippen LogP contribution in [0.5, 0.6) is 5.75 Å². The molecule has 1 N–H and O–H groups in total. The molecule has 5 nitrogen and oxygen atoms in total. The molecule has 27 heavy (non-hydrogen) atoms. The van der Waals surface area contributed by atoms with Gasteiger partial charge in [-0.15, -0.1) is 16.8 Å². The monoisotopic (exact) mass is 381 g/mol. The summed E-state index contributed by atoms with van der Waals surface area (Å²) in [6, 6.07) is 17.7. The van der Waals surface area contributed by atoms with Gasteiger partial charge in [0.15, 0.2) is 11.0 Å². The Labute approximate surface area is 163 Å². The summed E-state index contributed by atoms with van der Waals surface area (Å²) in [7, 11) is 0. The minimum atomic E-state index is -0.608. The van der Waals surface area contributed by atoms with Crippen LogP contribution in [0.25, 0.3) is 11.4 Å². The minimum absolute atomic E-state index is 0.235. The zero-order valence-electron chi connectivity index (χ0n) is 15.3. The minimum Gasteiger partial charge on any atom is -0.491 e. The predicted molar refractivity (Wildman–Crippen MR) is 109 cm³/mol.